The second kappa shape index (κ2) is 2.47. The molecule has 66 valence electrons. The standard InChI is InChI=1S/C10H16N2/c1-10(2)5-8(6-11)7-12(10)9-3-4-9/h8-9H,3-5,7H2,1-2H3. The number of nitrogens with zero attached hydrogens (tertiary/aromatic N) is 2. The maximum absolute atomic E-state index is 8.84. The van der Waals surface area contributed by atoms with E-state index < -0.39 is 0 Å². The molecule has 0 aromatic carbocycles. The van der Waals surface area contributed by atoms with Crippen LogP contribution in [-0.4, -0.2) is 23.0 Å². The third-order valence-electron chi connectivity index (χ3n) is 3.11. The van der Waals surface area contributed by atoms with Gasteiger partial charge in [-0.25, -0.2) is 0 Å². The number of nitriles is 1. The second-order valence-electron chi connectivity index (χ2n) is 4.73. The molecule has 2 rings (SSSR count). The predicted molar refractivity (Wildman–Crippen MR) is 47.5 cm³/mol. The highest BCUT2D eigenvalue weighted by Crippen LogP contribution is 2.40. The highest BCUT2D eigenvalue weighted by Gasteiger charge is 2.45. The molecule has 0 radical (unpaired) electrons. The Balaban J connectivity index is 2.09. The molecule has 12 heavy (non-hydrogen) atoms. The maximum atomic E-state index is 8.84. The van der Waals surface area contributed by atoms with E-state index in [0.29, 0.717) is 0 Å². The lowest BCUT2D eigenvalue weighted by Crippen LogP contribution is -2.39. The average Bonchev–Trinajstić information content (AvgIpc) is 2.76. The van der Waals surface area contributed by atoms with Crippen LogP contribution < -0.4 is 0 Å². The van der Waals surface area contributed by atoms with Crippen molar-refractivity contribution in [3.05, 3.63) is 0 Å². The lowest BCUT2D eigenvalue weighted by Gasteiger charge is -2.31. The first-order chi connectivity index (χ1) is 5.63. The van der Waals surface area contributed by atoms with Crippen molar-refractivity contribution in [3.8, 4) is 6.07 Å². The van der Waals surface area contributed by atoms with Gasteiger partial charge in [0.15, 0.2) is 0 Å². The zero-order valence-corrected chi connectivity index (χ0v) is 7.88. The minimum atomic E-state index is 0.278. The molecule has 0 bridgehead atoms. The van der Waals surface area contributed by atoms with E-state index in [2.05, 4.69) is 24.8 Å². The third kappa shape index (κ3) is 1.23. The summed E-state index contributed by atoms with van der Waals surface area (Å²) in [6.45, 7) is 5.54. The van der Waals surface area contributed by atoms with Gasteiger partial charge < -0.3 is 0 Å². The molecule has 0 amide bonds. The van der Waals surface area contributed by atoms with E-state index in [-0.39, 0.29) is 11.5 Å². The summed E-state index contributed by atoms with van der Waals surface area (Å²) >= 11 is 0. The minimum Gasteiger partial charge on any atom is -0.294 e. The molecule has 0 N–H and O–H groups in total. The van der Waals surface area contributed by atoms with Crippen LogP contribution in [0.1, 0.15) is 33.1 Å². The van der Waals surface area contributed by atoms with Crippen molar-refractivity contribution in [2.24, 2.45) is 5.92 Å². The summed E-state index contributed by atoms with van der Waals surface area (Å²) in [4.78, 5) is 2.53. The maximum Gasteiger partial charge on any atom is 0.0670 e. The van der Waals surface area contributed by atoms with E-state index in [4.69, 9.17) is 5.26 Å². The molecule has 0 spiro atoms. The molecule has 1 saturated carbocycles. The number of hydrogen-bond donors (Lipinski definition) is 0. The van der Waals surface area contributed by atoms with Gasteiger partial charge in [-0.3, -0.25) is 4.90 Å². The lowest BCUT2D eigenvalue weighted by atomic mass is 9.97. The van der Waals surface area contributed by atoms with Gasteiger partial charge in [-0.2, -0.15) is 5.26 Å². The summed E-state index contributed by atoms with van der Waals surface area (Å²) in [6, 6.07) is 3.19. The smallest absolute Gasteiger partial charge is 0.0670 e. The number of likely N-dealkylation sites (tertiary alicyclic amines) is 1. The average molecular weight is 164 g/mol. The fraction of sp³-hybridized carbons (Fsp3) is 0.900. The first-order valence-corrected chi connectivity index (χ1v) is 4.80. The number of hydrogen-bond acceptors (Lipinski definition) is 2. The van der Waals surface area contributed by atoms with Crippen molar-refractivity contribution < 1.29 is 0 Å². The van der Waals surface area contributed by atoms with Crippen molar-refractivity contribution in [1.29, 1.82) is 5.26 Å². The minimum absolute atomic E-state index is 0.278. The first-order valence-electron chi connectivity index (χ1n) is 4.80. The first kappa shape index (κ1) is 8.07. The van der Waals surface area contributed by atoms with E-state index in [0.717, 1.165) is 19.0 Å². The SMILES string of the molecule is CC1(C)CC(C#N)CN1C1CC1. The van der Waals surface area contributed by atoms with E-state index in [1.54, 1.807) is 0 Å². The Kier molecular flexibility index (Phi) is 1.66. The van der Waals surface area contributed by atoms with Crippen LogP contribution in [0.15, 0.2) is 0 Å². The monoisotopic (exact) mass is 164 g/mol. The molecule has 1 aliphatic carbocycles. The van der Waals surface area contributed by atoms with Crippen molar-refractivity contribution in [3.63, 3.8) is 0 Å². The van der Waals surface area contributed by atoms with Gasteiger partial charge in [0.1, 0.15) is 0 Å². The van der Waals surface area contributed by atoms with Crippen LogP contribution >= 0.6 is 0 Å². The van der Waals surface area contributed by atoms with E-state index in [9.17, 15) is 0 Å². The van der Waals surface area contributed by atoms with Crippen LogP contribution in [0.4, 0.5) is 0 Å². The highest BCUT2D eigenvalue weighted by atomic mass is 15.3. The van der Waals surface area contributed by atoms with Gasteiger partial charge in [0.25, 0.3) is 0 Å². The van der Waals surface area contributed by atoms with Gasteiger partial charge in [0, 0.05) is 18.1 Å². The topological polar surface area (TPSA) is 27.0 Å². The van der Waals surface area contributed by atoms with Gasteiger partial charge in [0.05, 0.1) is 12.0 Å². The third-order valence-corrected chi connectivity index (χ3v) is 3.11. The fourth-order valence-corrected chi connectivity index (χ4v) is 2.39. The van der Waals surface area contributed by atoms with E-state index in [1.165, 1.54) is 12.8 Å². The lowest BCUT2D eigenvalue weighted by molar-refractivity contribution is 0.165. The fourth-order valence-electron chi connectivity index (χ4n) is 2.39. The molecule has 2 aliphatic rings. The number of rotatable bonds is 1. The van der Waals surface area contributed by atoms with Crippen LogP contribution in [0.25, 0.3) is 0 Å². The Morgan fingerprint density at radius 2 is 2.08 bits per heavy atom. The molecule has 0 aromatic heterocycles. The Hall–Kier alpha value is -0.550. The van der Waals surface area contributed by atoms with E-state index >= 15 is 0 Å². The zero-order valence-electron chi connectivity index (χ0n) is 7.88. The van der Waals surface area contributed by atoms with Gasteiger partial charge >= 0.3 is 0 Å². The summed E-state index contributed by atoms with van der Waals surface area (Å²) in [5.41, 5.74) is 0.279. The molecular formula is C10H16N2. The zero-order chi connectivity index (χ0) is 8.77. The molecule has 2 heteroatoms. The van der Waals surface area contributed by atoms with Crippen LogP contribution in [0.3, 0.4) is 0 Å². The molecule has 0 aromatic rings. The van der Waals surface area contributed by atoms with Crippen LogP contribution in [0, 0.1) is 17.2 Å². The Morgan fingerprint density at radius 1 is 1.42 bits per heavy atom. The highest BCUT2D eigenvalue weighted by molar-refractivity contribution is 5.05. The van der Waals surface area contributed by atoms with Crippen LogP contribution in [0.2, 0.25) is 0 Å². The summed E-state index contributed by atoms with van der Waals surface area (Å²) in [6.07, 6.45) is 3.75. The summed E-state index contributed by atoms with van der Waals surface area (Å²) < 4.78 is 0. The van der Waals surface area contributed by atoms with Crippen LogP contribution in [-0.2, 0) is 0 Å². The summed E-state index contributed by atoms with van der Waals surface area (Å²) in [5.74, 6) is 0.278. The second-order valence-corrected chi connectivity index (χ2v) is 4.73. The normalized spacial score (nSPS) is 34.9. The molecular weight excluding hydrogens is 148 g/mol. The van der Waals surface area contributed by atoms with Crippen molar-refractivity contribution >= 4 is 0 Å². The van der Waals surface area contributed by atoms with Crippen LogP contribution in [0.5, 0.6) is 0 Å². The Labute approximate surface area is 74.2 Å². The Bertz CT molecular complexity index is 222. The van der Waals surface area contributed by atoms with Crippen molar-refractivity contribution in [2.45, 2.75) is 44.7 Å². The molecule has 2 nitrogen and oxygen atoms in total. The van der Waals surface area contributed by atoms with Crippen molar-refractivity contribution in [2.75, 3.05) is 6.54 Å². The molecule has 1 heterocycles. The van der Waals surface area contributed by atoms with Gasteiger partial charge in [-0.15, -0.1) is 0 Å². The largest absolute Gasteiger partial charge is 0.294 e. The molecule has 1 saturated heterocycles. The van der Waals surface area contributed by atoms with Gasteiger partial charge in [0.2, 0.25) is 0 Å². The Morgan fingerprint density at radius 3 is 2.50 bits per heavy atom. The molecule has 1 atom stereocenters. The molecule has 1 aliphatic heterocycles. The summed E-state index contributed by atoms with van der Waals surface area (Å²) in [5, 5.41) is 8.84. The van der Waals surface area contributed by atoms with Gasteiger partial charge in [-0.05, 0) is 33.1 Å². The molecule has 2 fully saturated rings. The van der Waals surface area contributed by atoms with E-state index in [1.807, 2.05) is 0 Å². The quantitative estimate of drug-likeness (QED) is 0.590. The predicted octanol–water partition coefficient (Wildman–Crippen LogP) is 1.77. The van der Waals surface area contributed by atoms with Crippen molar-refractivity contribution in [1.82, 2.24) is 4.90 Å². The summed E-state index contributed by atoms with van der Waals surface area (Å²) in [7, 11) is 0. The molecule has 1 unspecified atom stereocenters. The van der Waals surface area contributed by atoms with Gasteiger partial charge in [-0.1, -0.05) is 0 Å².